The largest absolute Gasteiger partial charge is 2.00 e. The van der Waals surface area contributed by atoms with Gasteiger partial charge < -0.3 is 19.8 Å². The van der Waals surface area contributed by atoms with Gasteiger partial charge in [-0.2, -0.15) is 8.61 Å². The predicted octanol–water partition coefficient (Wildman–Crippen LogP) is 1.77. The van der Waals surface area contributed by atoms with E-state index in [1.54, 1.807) is 48.5 Å². The second-order valence-corrected chi connectivity index (χ2v) is 16.5. The minimum Gasteiger partial charge on any atom is -0.548 e. The van der Waals surface area contributed by atoms with Crippen LogP contribution < -0.4 is 10.2 Å². The summed E-state index contributed by atoms with van der Waals surface area (Å²) in [5, 5.41) is 22.1. The zero-order chi connectivity index (χ0) is 31.7. The van der Waals surface area contributed by atoms with Gasteiger partial charge in [-0.05, 0) is 71.9 Å². The van der Waals surface area contributed by atoms with Crippen molar-refractivity contribution in [3.63, 3.8) is 0 Å². The maximum atomic E-state index is 12.5. The normalized spacial score (nSPS) is 20.1. The van der Waals surface area contributed by atoms with Crippen LogP contribution in [0.15, 0.2) is 58.3 Å². The summed E-state index contributed by atoms with van der Waals surface area (Å²) in [6, 6.07) is 11.2. The predicted molar refractivity (Wildman–Crippen MR) is 154 cm³/mol. The number of hydrogen-bond donors (Lipinski definition) is 0. The van der Waals surface area contributed by atoms with Gasteiger partial charge in [0.15, 0.2) is 0 Å². The Hall–Kier alpha value is -2.18. The van der Waals surface area contributed by atoms with E-state index < -0.39 is 44.1 Å². The van der Waals surface area contributed by atoms with Crippen LogP contribution in [0.5, 0.6) is 0 Å². The van der Waals surface area contributed by atoms with Crippen molar-refractivity contribution in [2.24, 2.45) is 0 Å². The summed E-state index contributed by atoms with van der Waals surface area (Å²) in [5.41, 5.74) is 1.92. The van der Waals surface area contributed by atoms with Gasteiger partial charge in [-0.25, -0.2) is 16.8 Å². The quantitative estimate of drug-likeness (QED) is 0.409. The van der Waals surface area contributed by atoms with Crippen molar-refractivity contribution in [1.29, 1.82) is 0 Å². The molecule has 10 nitrogen and oxygen atoms in total. The molecule has 2 fully saturated rings. The molecule has 2 unspecified atom stereocenters. The minimum absolute atomic E-state index is 0. The Kier molecular flexibility index (Phi) is 11.9. The number of carboxylic acid groups (broad SMARTS) is 2. The molecule has 2 aliphatic rings. The van der Waals surface area contributed by atoms with E-state index in [0.717, 1.165) is 19.7 Å². The fourth-order valence-electron chi connectivity index (χ4n) is 5.05. The third kappa shape index (κ3) is 8.51. The van der Waals surface area contributed by atoms with E-state index in [9.17, 15) is 36.6 Å². The third-order valence-electron chi connectivity index (χ3n) is 7.61. The number of hydrogen-bond acceptors (Lipinski definition) is 8. The van der Waals surface area contributed by atoms with E-state index >= 15 is 0 Å². The van der Waals surface area contributed by atoms with Crippen molar-refractivity contribution < 1.29 is 56.1 Å². The monoisotopic (exact) mass is 723 g/mol. The Morgan fingerprint density at radius 2 is 0.907 bits per heavy atom. The molecule has 2 atom stereocenters. The molecule has 0 spiro atoms. The van der Waals surface area contributed by atoms with Crippen LogP contribution in [-0.4, -0.2) is 62.6 Å². The first-order valence-electron chi connectivity index (χ1n) is 13.9. The summed E-state index contributed by atoms with van der Waals surface area (Å²) in [6.07, 6.45) is 1.69. The van der Waals surface area contributed by atoms with Gasteiger partial charge in [0.05, 0.1) is 33.8 Å². The van der Waals surface area contributed by atoms with Crippen LogP contribution in [0.2, 0.25) is 0 Å². The zero-order valence-corrected chi connectivity index (χ0v) is 28.6. The van der Waals surface area contributed by atoms with E-state index in [-0.39, 0.29) is 53.2 Å². The van der Waals surface area contributed by atoms with Gasteiger partial charge in [-0.3, -0.25) is 0 Å². The van der Waals surface area contributed by atoms with E-state index in [2.05, 4.69) is 0 Å². The summed E-state index contributed by atoms with van der Waals surface area (Å²) in [4.78, 5) is 22.4. The van der Waals surface area contributed by atoms with E-state index in [0.29, 0.717) is 25.7 Å². The molecular formula is C30H40N2O8RhS2. The number of nitrogens with zero attached hydrogens (tertiary/aromatic N) is 2. The van der Waals surface area contributed by atoms with Gasteiger partial charge in [-0.1, -0.05) is 65.8 Å². The molecule has 43 heavy (non-hydrogen) atoms. The minimum atomic E-state index is -3.78. The molecular weight excluding hydrogens is 683 g/mol. The molecule has 2 heterocycles. The topological polar surface area (TPSA) is 155 Å². The number of carbonyl (C=O) groups excluding carboxylic acids is 2. The van der Waals surface area contributed by atoms with Crippen LogP contribution in [-0.2, 0) is 59.9 Å². The molecule has 1 radical (unpaired) electrons. The van der Waals surface area contributed by atoms with Crippen LogP contribution >= 0.6 is 0 Å². The van der Waals surface area contributed by atoms with E-state index in [1.165, 1.54) is 0 Å². The standard InChI is InChI=1S/2C15H21NO4S.Rh/c2*1-15(2,3)11-6-8-12(9-7-11)21(19,20)16-10-4-5-13(16)14(17)18;/h2*6-9,13H,4-5,10H2,1-3H3,(H,17,18);/q;;+2/p-2. The van der Waals surface area contributed by atoms with Crippen LogP contribution in [0.25, 0.3) is 0 Å². The van der Waals surface area contributed by atoms with Gasteiger partial charge in [-0.15, -0.1) is 0 Å². The van der Waals surface area contributed by atoms with Gasteiger partial charge in [0.2, 0.25) is 20.0 Å². The number of rotatable bonds is 6. The zero-order valence-electron chi connectivity index (χ0n) is 25.3. The molecule has 2 aliphatic heterocycles. The second-order valence-electron chi connectivity index (χ2n) is 12.7. The first kappa shape index (κ1) is 37.0. The van der Waals surface area contributed by atoms with E-state index in [1.807, 2.05) is 41.5 Å². The summed E-state index contributed by atoms with van der Waals surface area (Å²) in [6.45, 7) is 12.7. The fourth-order valence-corrected chi connectivity index (χ4v) is 8.34. The molecule has 0 bridgehead atoms. The van der Waals surface area contributed by atoms with Crippen molar-refractivity contribution in [2.45, 2.75) is 99.9 Å². The van der Waals surface area contributed by atoms with Crippen molar-refractivity contribution in [2.75, 3.05) is 13.1 Å². The Balaban J connectivity index is 0.000000293. The first-order chi connectivity index (χ1) is 19.3. The number of sulfonamides is 2. The van der Waals surface area contributed by atoms with Crippen LogP contribution in [0.3, 0.4) is 0 Å². The number of benzene rings is 2. The van der Waals surface area contributed by atoms with Crippen molar-refractivity contribution in [3.05, 3.63) is 59.7 Å². The molecule has 0 saturated carbocycles. The summed E-state index contributed by atoms with van der Waals surface area (Å²) in [7, 11) is -7.57. The molecule has 0 aromatic heterocycles. The maximum absolute atomic E-state index is 12.5. The third-order valence-corrected chi connectivity index (χ3v) is 11.5. The summed E-state index contributed by atoms with van der Waals surface area (Å²) < 4.78 is 52.3. The van der Waals surface area contributed by atoms with Crippen LogP contribution in [0, 0.1) is 0 Å². The van der Waals surface area contributed by atoms with Gasteiger partial charge in [0.25, 0.3) is 0 Å². The fraction of sp³-hybridized carbons (Fsp3) is 0.533. The molecule has 2 aromatic carbocycles. The van der Waals surface area contributed by atoms with Crippen molar-refractivity contribution in [1.82, 2.24) is 8.61 Å². The van der Waals surface area contributed by atoms with Crippen molar-refractivity contribution >= 4 is 32.0 Å². The molecule has 0 aliphatic carbocycles. The average Bonchev–Trinajstić information content (AvgIpc) is 3.59. The average molecular weight is 724 g/mol. The number of carbonyl (C=O) groups is 2. The van der Waals surface area contributed by atoms with Crippen molar-refractivity contribution in [3.8, 4) is 0 Å². The summed E-state index contributed by atoms with van der Waals surface area (Å²) >= 11 is 0. The molecule has 239 valence electrons. The van der Waals surface area contributed by atoms with Gasteiger partial charge in [0, 0.05) is 13.1 Å². The van der Waals surface area contributed by atoms with Crippen LogP contribution in [0.1, 0.15) is 78.4 Å². The first-order valence-corrected chi connectivity index (χ1v) is 16.8. The molecule has 4 rings (SSSR count). The molecule has 0 N–H and O–H groups in total. The molecule has 13 heteroatoms. The molecule has 0 amide bonds. The Labute approximate surface area is 268 Å². The maximum Gasteiger partial charge on any atom is 2.00 e. The number of aliphatic carboxylic acids is 2. The molecule has 2 saturated heterocycles. The van der Waals surface area contributed by atoms with E-state index in [4.69, 9.17) is 0 Å². The smallest absolute Gasteiger partial charge is 0.548 e. The number of carboxylic acids is 2. The van der Waals surface area contributed by atoms with Gasteiger partial charge >= 0.3 is 19.5 Å². The molecule has 2 aromatic rings. The Morgan fingerprint density at radius 3 is 1.14 bits per heavy atom. The Bertz CT molecular complexity index is 1380. The SMILES string of the molecule is CC(C)(C)c1ccc(S(=O)(=O)N2CCCC2C(=O)[O-])cc1.CC(C)(C)c1ccc(S(=O)(=O)N2CCCC2C(=O)[O-])cc1.[Rh+2]. The second kappa shape index (κ2) is 13.9. The van der Waals surface area contributed by atoms with Gasteiger partial charge in [0.1, 0.15) is 0 Å². The van der Waals surface area contributed by atoms with Crippen LogP contribution in [0.4, 0.5) is 0 Å². The summed E-state index contributed by atoms with van der Waals surface area (Å²) in [5.74, 6) is -2.66. The Morgan fingerprint density at radius 1 is 0.628 bits per heavy atom.